The van der Waals surface area contributed by atoms with Crippen LogP contribution in [0.2, 0.25) is 0 Å². The highest BCUT2D eigenvalue weighted by Crippen LogP contribution is 2.48. The van der Waals surface area contributed by atoms with Crippen LogP contribution in [0.5, 0.6) is 0 Å². The van der Waals surface area contributed by atoms with Crippen LogP contribution in [0.4, 0.5) is 11.4 Å². The number of benzene rings is 2. The summed E-state index contributed by atoms with van der Waals surface area (Å²) in [6, 6.07) is 16.5. The summed E-state index contributed by atoms with van der Waals surface area (Å²) in [4.78, 5) is 4.41. The average molecular weight is 744 g/mol. The summed E-state index contributed by atoms with van der Waals surface area (Å²) in [5, 5.41) is 0.735. The molecule has 0 spiro atoms. The molecule has 2 N–H and O–H groups in total. The van der Waals surface area contributed by atoms with Crippen molar-refractivity contribution < 1.29 is 25.7 Å². The summed E-state index contributed by atoms with van der Waals surface area (Å²) in [5.41, 5.74) is 9.50. The number of fused-ring (bicyclic) bond motifs is 2. The van der Waals surface area contributed by atoms with Crippen molar-refractivity contribution in [3.63, 3.8) is 0 Å². The van der Waals surface area contributed by atoms with E-state index in [4.69, 9.17) is 15.9 Å². The number of hydrogen-bond acceptors (Lipinski definition) is 8. The van der Waals surface area contributed by atoms with Gasteiger partial charge in [-0.2, -0.15) is 26.6 Å². The van der Waals surface area contributed by atoms with Crippen LogP contribution in [0.1, 0.15) is 77.8 Å². The lowest BCUT2D eigenvalue weighted by atomic mass is 9.80. The number of anilines is 2. The second kappa shape index (κ2) is 15.4. The predicted octanol–water partition coefficient (Wildman–Crippen LogP) is 7.53. The molecule has 3 aliphatic rings. The van der Waals surface area contributed by atoms with Crippen LogP contribution in [0.25, 0.3) is 0 Å². The first-order chi connectivity index (χ1) is 23.6. The minimum absolute atomic E-state index is 0.0261. The Labute approximate surface area is 303 Å². The number of para-hydroxylation sites is 2. The molecule has 50 heavy (non-hydrogen) atoms. The molecule has 2 heterocycles. The summed E-state index contributed by atoms with van der Waals surface area (Å²) in [5.74, 6) is -0.419. The summed E-state index contributed by atoms with van der Waals surface area (Å²) in [6.07, 6.45) is 12.2. The van der Waals surface area contributed by atoms with Gasteiger partial charge >= 0.3 is 0 Å². The van der Waals surface area contributed by atoms with Crippen molar-refractivity contribution in [2.75, 3.05) is 40.9 Å². The normalized spacial score (nSPS) is 21.9. The molecule has 0 saturated carbocycles. The monoisotopic (exact) mass is 743 g/mol. The number of halogens is 1. The molecule has 2 aromatic rings. The van der Waals surface area contributed by atoms with Gasteiger partial charge in [0.05, 0.1) is 17.5 Å². The molecule has 0 saturated heterocycles. The maximum absolute atomic E-state index is 12.6. The first-order valence-corrected chi connectivity index (χ1v) is 20.9. The Bertz CT molecular complexity index is 1910. The lowest BCUT2D eigenvalue weighted by Crippen LogP contribution is -2.40. The van der Waals surface area contributed by atoms with Gasteiger partial charge in [-0.1, -0.05) is 101 Å². The fraction of sp³-hybridized carbons (Fsp3) is 0.474. The van der Waals surface area contributed by atoms with Gasteiger partial charge in [-0.05, 0) is 72.6 Å². The molecule has 272 valence electrons. The molecule has 5 rings (SSSR count). The molecule has 0 bridgehead atoms. The second-order valence-corrected chi connectivity index (χ2v) is 17.9. The summed E-state index contributed by atoms with van der Waals surface area (Å²) in [6.45, 7) is 11.8. The third-order valence-electron chi connectivity index (χ3n) is 10.1. The van der Waals surface area contributed by atoms with Gasteiger partial charge in [0.1, 0.15) is 0 Å². The van der Waals surface area contributed by atoms with Gasteiger partial charge in [-0.3, -0.25) is 4.55 Å². The second-order valence-electron chi connectivity index (χ2n) is 14.3. The minimum atomic E-state index is -4.00. The molecule has 0 radical (unpaired) electrons. The van der Waals surface area contributed by atoms with Crippen LogP contribution in [0.3, 0.4) is 0 Å². The Morgan fingerprint density at radius 3 is 2.30 bits per heavy atom. The highest BCUT2D eigenvalue weighted by molar-refractivity contribution is 7.86. The van der Waals surface area contributed by atoms with Gasteiger partial charge in [0, 0.05) is 52.6 Å². The molecule has 1 unspecified atom stereocenters. The summed E-state index contributed by atoms with van der Waals surface area (Å²) in [7, 11) is -7.77. The van der Waals surface area contributed by atoms with Crippen molar-refractivity contribution in [1.82, 2.24) is 5.48 Å². The number of rotatable bonds is 14. The predicted molar refractivity (Wildman–Crippen MR) is 204 cm³/mol. The molecular weight excluding hydrogens is 694 g/mol. The van der Waals surface area contributed by atoms with Crippen molar-refractivity contribution >= 4 is 43.2 Å². The molecular formula is C38H50ClN3O6S2. The minimum Gasteiger partial charge on any atom is -0.364 e. The Morgan fingerprint density at radius 2 is 1.60 bits per heavy atom. The third kappa shape index (κ3) is 8.40. The Balaban J connectivity index is 1.42. The van der Waals surface area contributed by atoms with Crippen molar-refractivity contribution in [3.05, 3.63) is 106 Å². The van der Waals surface area contributed by atoms with Gasteiger partial charge in [-0.15, -0.1) is 0 Å². The molecule has 2 aromatic carbocycles. The Morgan fingerprint density at radius 1 is 0.920 bits per heavy atom. The van der Waals surface area contributed by atoms with E-state index >= 15 is 0 Å². The molecule has 0 aromatic heterocycles. The van der Waals surface area contributed by atoms with E-state index in [1.807, 2.05) is 24.3 Å². The Kier molecular flexibility index (Phi) is 11.8. The van der Waals surface area contributed by atoms with E-state index in [1.165, 1.54) is 5.56 Å². The maximum atomic E-state index is 12.6. The van der Waals surface area contributed by atoms with Crippen LogP contribution < -0.4 is 15.3 Å². The smallest absolute Gasteiger partial charge is 0.284 e. The van der Waals surface area contributed by atoms with Crippen LogP contribution >= 0.6 is 11.6 Å². The molecule has 12 heteroatoms. The lowest BCUT2D eigenvalue weighted by molar-refractivity contribution is 0.210. The van der Waals surface area contributed by atoms with Gasteiger partial charge < -0.3 is 9.80 Å². The quantitative estimate of drug-likeness (QED) is 0.115. The third-order valence-corrected chi connectivity index (χ3v) is 12.5. The van der Waals surface area contributed by atoms with E-state index in [0.717, 1.165) is 58.1 Å². The molecule has 9 nitrogen and oxygen atoms in total. The molecule has 0 fully saturated rings. The molecule has 1 aliphatic carbocycles. The lowest BCUT2D eigenvalue weighted by Gasteiger charge is -2.33. The van der Waals surface area contributed by atoms with Gasteiger partial charge in [-0.25, -0.2) is 0 Å². The fourth-order valence-corrected chi connectivity index (χ4v) is 9.18. The molecule has 0 amide bonds. The van der Waals surface area contributed by atoms with E-state index in [9.17, 15) is 21.4 Å². The standard InChI is InChI=1S/C38H50ClN3O6S2/c1-6-40-48-50(46,47)27-25-42-33-19-10-8-17-31(33)38(4,5)35(42)23-21-29-15-13-14-28(36(29)39)20-22-34-37(2,3)30-16-7-9-18-32(30)41(34)24-11-12-26-49(43,44)45/h7-10,16-23,34,40H,6,11-15,24-27H2,1-5H3,(H,43,44,45)/b22-20+,29-21+,35-23+. The van der Waals surface area contributed by atoms with Crippen molar-refractivity contribution in [1.29, 1.82) is 0 Å². The largest absolute Gasteiger partial charge is 0.364 e. The topological polar surface area (TPSA) is 116 Å². The van der Waals surface area contributed by atoms with Crippen LogP contribution in [-0.2, 0) is 35.4 Å². The first kappa shape index (κ1) is 38.3. The zero-order chi connectivity index (χ0) is 36.3. The van der Waals surface area contributed by atoms with E-state index < -0.39 is 20.2 Å². The van der Waals surface area contributed by atoms with Crippen molar-refractivity contribution in [2.45, 2.75) is 83.6 Å². The van der Waals surface area contributed by atoms with Gasteiger partial charge in [0.2, 0.25) is 0 Å². The van der Waals surface area contributed by atoms with Crippen molar-refractivity contribution in [2.24, 2.45) is 0 Å². The zero-order valence-corrected chi connectivity index (χ0v) is 32.0. The van der Waals surface area contributed by atoms with E-state index in [1.54, 1.807) is 6.92 Å². The van der Waals surface area contributed by atoms with E-state index in [-0.39, 0.29) is 34.9 Å². The number of nitrogens with zero attached hydrogens (tertiary/aromatic N) is 2. The van der Waals surface area contributed by atoms with Crippen LogP contribution in [0, 0.1) is 0 Å². The van der Waals surface area contributed by atoms with E-state index in [2.05, 4.69) is 91.5 Å². The summed E-state index contributed by atoms with van der Waals surface area (Å²) >= 11 is 7.15. The van der Waals surface area contributed by atoms with Crippen LogP contribution in [-0.4, -0.2) is 58.6 Å². The zero-order valence-electron chi connectivity index (χ0n) is 29.7. The van der Waals surface area contributed by atoms with E-state index in [0.29, 0.717) is 25.9 Å². The number of unbranched alkanes of at least 4 members (excludes halogenated alkanes) is 1. The Hall–Kier alpha value is -2.93. The SMILES string of the molecule is CCNOS(=O)(=O)CCN1/C(=C/C=C2\CCCC(/C=C/C3N(CCCCS(=O)(=O)O)c4ccccc4C3(C)C)=C2Cl)C(C)(C)c2ccccc21. The number of hydrogen-bond donors (Lipinski definition) is 2. The highest BCUT2D eigenvalue weighted by Gasteiger charge is 2.43. The van der Waals surface area contributed by atoms with Gasteiger partial charge in [0.25, 0.3) is 20.2 Å². The maximum Gasteiger partial charge on any atom is 0.284 e. The first-order valence-electron chi connectivity index (χ1n) is 17.4. The average Bonchev–Trinajstić information content (AvgIpc) is 3.41. The molecule has 2 aliphatic heterocycles. The summed E-state index contributed by atoms with van der Waals surface area (Å²) < 4.78 is 62.0. The van der Waals surface area contributed by atoms with Crippen molar-refractivity contribution in [3.8, 4) is 0 Å². The van der Waals surface area contributed by atoms with Crippen LogP contribution in [0.15, 0.2) is 94.7 Å². The number of hydroxylamine groups is 1. The fourth-order valence-electron chi connectivity index (χ4n) is 7.51. The van der Waals surface area contributed by atoms with Gasteiger partial charge in [0.15, 0.2) is 0 Å². The molecule has 1 atom stereocenters. The number of nitrogens with one attached hydrogen (secondary N) is 1. The number of allylic oxidation sites excluding steroid dienone is 7. The highest BCUT2D eigenvalue weighted by atomic mass is 35.5.